The third-order valence-corrected chi connectivity index (χ3v) is 6.13. The minimum Gasteiger partial charge on any atom is -0.467 e. The van der Waals surface area contributed by atoms with E-state index in [1.54, 1.807) is 37.9 Å². The number of hydrogen-bond acceptors (Lipinski definition) is 5. The van der Waals surface area contributed by atoms with Crippen LogP contribution in [0.3, 0.4) is 0 Å². The van der Waals surface area contributed by atoms with Crippen LogP contribution in [0.4, 0.5) is 13.2 Å². The van der Waals surface area contributed by atoms with Gasteiger partial charge in [-0.25, -0.2) is 4.98 Å². The summed E-state index contributed by atoms with van der Waals surface area (Å²) in [5.41, 5.74) is 1.66. The number of aromatic nitrogens is 3. The van der Waals surface area contributed by atoms with E-state index in [0.717, 1.165) is 23.2 Å². The molecule has 1 fully saturated rings. The molecular formula is C25H27F3N4O3. The first-order chi connectivity index (χ1) is 16.6. The molecule has 0 radical (unpaired) electrons. The van der Waals surface area contributed by atoms with Gasteiger partial charge in [-0.1, -0.05) is 6.58 Å². The van der Waals surface area contributed by atoms with Crippen molar-refractivity contribution in [1.29, 1.82) is 0 Å². The fraction of sp³-hybridized carbons (Fsp3) is 0.400. The lowest BCUT2D eigenvalue weighted by Gasteiger charge is -2.30. The van der Waals surface area contributed by atoms with Gasteiger partial charge in [0.1, 0.15) is 5.75 Å². The number of likely N-dealkylation sites (N-methyl/N-ethyl adjacent to an activating group) is 1. The van der Waals surface area contributed by atoms with Crippen LogP contribution in [0.1, 0.15) is 42.6 Å². The first kappa shape index (κ1) is 24.7. The molecule has 2 aromatic heterocycles. The highest BCUT2D eigenvalue weighted by atomic mass is 19.4. The van der Waals surface area contributed by atoms with Crippen LogP contribution in [0.15, 0.2) is 30.8 Å². The predicted octanol–water partition coefficient (Wildman–Crippen LogP) is 5.23. The van der Waals surface area contributed by atoms with Crippen LogP contribution in [0.25, 0.3) is 28.4 Å². The summed E-state index contributed by atoms with van der Waals surface area (Å²) in [4.78, 5) is 18.3. The Balaban J connectivity index is 1.80. The van der Waals surface area contributed by atoms with Crippen LogP contribution >= 0.6 is 0 Å². The van der Waals surface area contributed by atoms with Crippen molar-refractivity contribution in [2.75, 3.05) is 27.0 Å². The zero-order valence-corrected chi connectivity index (χ0v) is 19.9. The molecule has 10 heteroatoms. The zero-order valence-electron chi connectivity index (χ0n) is 19.9. The van der Waals surface area contributed by atoms with E-state index in [2.05, 4.69) is 11.6 Å². The highest BCUT2D eigenvalue weighted by Gasteiger charge is 2.33. The summed E-state index contributed by atoms with van der Waals surface area (Å²) in [7, 11) is 1.76. The monoisotopic (exact) mass is 488 g/mol. The molecule has 0 saturated carbocycles. The number of benzene rings is 1. The maximum atomic E-state index is 13.4. The molecule has 35 heavy (non-hydrogen) atoms. The van der Waals surface area contributed by atoms with Gasteiger partial charge in [-0.05, 0) is 56.2 Å². The molecule has 1 aliphatic rings. The number of nitrogens with zero attached hydrogens (tertiary/aromatic N) is 4. The SMILES string of the molecule is C=Cc1c2ccc(-c3c(C)cc(C(F)(F)F)cc3OCOCC)nc2nn1[C@H]1CCC(=O)N(C)C1. The van der Waals surface area contributed by atoms with Crippen LogP contribution in [0.2, 0.25) is 0 Å². The number of alkyl halides is 3. The Morgan fingerprint density at radius 3 is 2.71 bits per heavy atom. The summed E-state index contributed by atoms with van der Waals surface area (Å²) in [6.07, 6.45) is -1.74. The largest absolute Gasteiger partial charge is 0.467 e. The van der Waals surface area contributed by atoms with Crippen LogP contribution in [0.5, 0.6) is 5.75 Å². The lowest BCUT2D eigenvalue weighted by Crippen LogP contribution is -2.38. The lowest BCUT2D eigenvalue weighted by atomic mass is 10.00. The predicted molar refractivity (Wildman–Crippen MR) is 126 cm³/mol. The van der Waals surface area contributed by atoms with Gasteiger partial charge in [0.05, 0.1) is 23.0 Å². The first-order valence-electron chi connectivity index (χ1n) is 11.3. The summed E-state index contributed by atoms with van der Waals surface area (Å²) in [5.74, 6) is 0.129. The van der Waals surface area contributed by atoms with Crippen LogP contribution in [0, 0.1) is 6.92 Å². The normalized spacial score (nSPS) is 16.7. The van der Waals surface area contributed by atoms with Gasteiger partial charge < -0.3 is 14.4 Å². The molecule has 0 bridgehead atoms. The highest BCUT2D eigenvalue weighted by molar-refractivity contribution is 5.87. The number of halogens is 3. The van der Waals surface area contributed by atoms with Gasteiger partial charge in [0.2, 0.25) is 5.91 Å². The van der Waals surface area contributed by atoms with Crippen molar-refractivity contribution < 1.29 is 27.4 Å². The second-order valence-electron chi connectivity index (χ2n) is 8.49. The molecule has 0 unspecified atom stereocenters. The topological polar surface area (TPSA) is 69.5 Å². The van der Waals surface area contributed by atoms with Crippen molar-refractivity contribution in [2.45, 2.75) is 38.9 Å². The Morgan fingerprint density at radius 2 is 2.06 bits per heavy atom. The molecule has 4 rings (SSSR count). The lowest BCUT2D eigenvalue weighted by molar-refractivity contribution is -0.137. The van der Waals surface area contributed by atoms with E-state index in [1.807, 2.05) is 10.7 Å². The molecule has 0 aliphatic carbocycles. The van der Waals surface area contributed by atoms with Crippen LogP contribution < -0.4 is 4.74 Å². The Kier molecular flexibility index (Phi) is 6.84. The highest BCUT2D eigenvalue weighted by Crippen LogP contribution is 2.40. The van der Waals surface area contributed by atoms with E-state index in [1.165, 1.54) is 0 Å². The molecule has 1 aliphatic heterocycles. The van der Waals surface area contributed by atoms with Gasteiger partial charge >= 0.3 is 6.18 Å². The summed E-state index contributed by atoms with van der Waals surface area (Å²) in [6.45, 7) is 7.97. The van der Waals surface area contributed by atoms with Crippen LogP contribution in [-0.4, -0.2) is 52.6 Å². The van der Waals surface area contributed by atoms with Gasteiger partial charge in [0.15, 0.2) is 12.4 Å². The van der Waals surface area contributed by atoms with Gasteiger partial charge in [0, 0.05) is 37.6 Å². The average molecular weight is 489 g/mol. The maximum Gasteiger partial charge on any atom is 0.416 e. The number of rotatable bonds is 7. The Bertz CT molecular complexity index is 1270. The van der Waals surface area contributed by atoms with Gasteiger partial charge in [-0.2, -0.15) is 18.3 Å². The van der Waals surface area contributed by atoms with E-state index in [4.69, 9.17) is 14.6 Å². The smallest absolute Gasteiger partial charge is 0.416 e. The van der Waals surface area contributed by atoms with Crippen molar-refractivity contribution in [2.24, 2.45) is 0 Å². The van der Waals surface area contributed by atoms with Crippen LogP contribution in [-0.2, 0) is 15.7 Å². The fourth-order valence-corrected chi connectivity index (χ4v) is 4.36. The molecule has 3 aromatic rings. The molecule has 186 valence electrons. The van der Waals surface area contributed by atoms with E-state index in [9.17, 15) is 18.0 Å². The van der Waals surface area contributed by atoms with Crippen molar-refractivity contribution in [3.8, 4) is 17.0 Å². The third kappa shape index (κ3) is 4.88. The Hall–Kier alpha value is -3.40. The van der Waals surface area contributed by atoms with Crippen molar-refractivity contribution >= 4 is 23.0 Å². The van der Waals surface area contributed by atoms with Gasteiger partial charge in [0.25, 0.3) is 0 Å². The number of pyridine rings is 1. The molecular weight excluding hydrogens is 461 g/mol. The number of likely N-dealkylation sites (tertiary alicyclic amines) is 1. The summed E-state index contributed by atoms with van der Waals surface area (Å²) < 4.78 is 53.0. The minimum atomic E-state index is -4.52. The average Bonchev–Trinajstić information content (AvgIpc) is 3.18. The molecule has 1 atom stereocenters. The maximum absolute atomic E-state index is 13.4. The third-order valence-electron chi connectivity index (χ3n) is 6.13. The van der Waals surface area contributed by atoms with Crippen molar-refractivity contribution in [3.05, 3.63) is 47.7 Å². The molecule has 3 heterocycles. The molecule has 1 amide bonds. The van der Waals surface area contributed by atoms with Crippen molar-refractivity contribution in [1.82, 2.24) is 19.7 Å². The minimum absolute atomic E-state index is 0.0266. The van der Waals surface area contributed by atoms with Gasteiger partial charge in [-0.15, -0.1) is 0 Å². The zero-order chi connectivity index (χ0) is 25.3. The number of hydrogen-bond donors (Lipinski definition) is 0. The Labute approximate surface area is 201 Å². The van der Waals surface area contributed by atoms with E-state index in [-0.39, 0.29) is 24.5 Å². The van der Waals surface area contributed by atoms with E-state index < -0.39 is 11.7 Å². The molecule has 7 nitrogen and oxygen atoms in total. The summed E-state index contributed by atoms with van der Waals surface area (Å²) >= 11 is 0. The number of carbonyl (C=O) groups is 1. The second-order valence-corrected chi connectivity index (χ2v) is 8.49. The number of aryl methyl sites for hydroxylation is 1. The molecule has 0 N–H and O–H groups in total. The molecule has 1 aromatic carbocycles. The second kappa shape index (κ2) is 9.69. The fourth-order valence-electron chi connectivity index (χ4n) is 4.36. The quantitative estimate of drug-likeness (QED) is 0.336. The standard InChI is InChI=1S/C25H27F3N4O3/c1-5-20-18-8-9-19(29-24(18)30-32(20)17-7-10-22(33)31(4)13-17)23-15(3)11-16(25(26,27)28)12-21(23)35-14-34-6-2/h5,8-9,11-12,17H,1,6-7,10,13-14H2,2-4H3/t17-/m0/s1. The number of carbonyl (C=O) groups excluding carboxylic acids is 1. The number of fused-ring (bicyclic) bond motifs is 1. The molecule has 1 saturated heterocycles. The van der Waals surface area contributed by atoms with E-state index >= 15 is 0 Å². The molecule has 0 spiro atoms. The Morgan fingerprint density at radius 1 is 1.29 bits per heavy atom. The summed E-state index contributed by atoms with van der Waals surface area (Å²) in [6, 6.07) is 5.59. The first-order valence-corrected chi connectivity index (χ1v) is 11.3. The number of ether oxygens (including phenoxy) is 2. The van der Waals surface area contributed by atoms with E-state index in [0.29, 0.717) is 48.5 Å². The van der Waals surface area contributed by atoms with Crippen molar-refractivity contribution in [3.63, 3.8) is 0 Å². The number of piperidine rings is 1. The summed E-state index contributed by atoms with van der Waals surface area (Å²) in [5, 5.41) is 5.46. The van der Waals surface area contributed by atoms with Gasteiger partial charge in [-0.3, -0.25) is 9.48 Å². The number of amides is 1.